The van der Waals surface area contributed by atoms with Gasteiger partial charge >= 0.3 is 6.01 Å². The van der Waals surface area contributed by atoms with Crippen molar-refractivity contribution in [3.63, 3.8) is 0 Å². The quantitative estimate of drug-likeness (QED) is 0.106. The molecule has 3 aliphatic heterocycles. The van der Waals surface area contributed by atoms with Crippen LogP contribution in [-0.2, 0) is 41.6 Å². The molecular weight excluding hydrogens is 803 g/mol. The monoisotopic (exact) mass is 865 g/mol. The van der Waals surface area contributed by atoms with Crippen molar-refractivity contribution in [2.45, 2.75) is 93.3 Å². The van der Waals surface area contributed by atoms with Gasteiger partial charge in [-0.2, -0.15) is 9.97 Å². The van der Waals surface area contributed by atoms with E-state index in [1.54, 1.807) is 0 Å². The zero-order valence-electron chi connectivity index (χ0n) is 38.0. The molecule has 6 aromatic rings. The SMILES string of the molecule is COC[C@H]1CN(C(c2ccccc2)(c2ccccc2)c2ccccc2)CCN1c1nc(OCC23CCCN2CCC3)nc2c1CCC1(CCCc3ccc(OCc4ccccc4)cc31)C2. The largest absolute Gasteiger partial charge is 0.489 e. The van der Waals surface area contributed by atoms with Crippen molar-refractivity contribution in [1.29, 1.82) is 0 Å². The number of benzene rings is 5. The first-order chi connectivity index (χ1) is 32.1. The lowest BCUT2D eigenvalue weighted by molar-refractivity contribution is 0.0875. The number of aromatic nitrogens is 2. The van der Waals surface area contributed by atoms with Gasteiger partial charge in [0.1, 0.15) is 24.8 Å². The van der Waals surface area contributed by atoms with Crippen molar-refractivity contribution in [2.75, 3.05) is 57.9 Å². The van der Waals surface area contributed by atoms with Crippen molar-refractivity contribution in [3.8, 4) is 11.8 Å². The number of hydrogen-bond acceptors (Lipinski definition) is 8. The van der Waals surface area contributed by atoms with Gasteiger partial charge in [-0.15, -0.1) is 0 Å². The number of ether oxygens (including phenoxy) is 3. The van der Waals surface area contributed by atoms with Crippen LogP contribution < -0.4 is 14.4 Å². The van der Waals surface area contributed by atoms with Gasteiger partial charge in [0.05, 0.1) is 29.4 Å². The second kappa shape index (κ2) is 18.0. The number of fused-ring (bicyclic) bond motifs is 4. The summed E-state index contributed by atoms with van der Waals surface area (Å²) < 4.78 is 19.6. The van der Waals surface area contributed by atoms with Crippen molar-refractivity contribution >= 4 is 5.82 Å². The molecule has 334 valence electrons. The van der Waals surface area contributed by atoms with Gasteiger partial charge in [-0.3, -0.25) is 9.80 Å². The fourth-order valence-corrected chi connectivity index (χ4v) is 12.8. The highest BCUT2D eigenvalue weighted by Gasteiger charge is 2.48. The van der Waals surface area contributed by atoms with Gasteiger partial charge in [-0.05, 0) is 123 Å². The predicted octanol–water partition coefficient (Wildman–Crippen LogP) is 9.95. The lowest BCUT2D eigenvalue weighted by atomic mass is 9.62. The van der Waals surface area contributed by atoms with Crippen LogP contribution in [0.4, 0.5) is 5.82 Å². The topological polar surface area (TPSA) is 63.2 Å². The molecule has 1 spiro atoms. The third kappa shape index (κ3) is 7.81. The fourth-order valence-electron chi connectivity index (χ4n) is 12.8. The lowest BCUT2D eigenvalue weighted by Crippen LogP contribution is -2.62. The maximum atomic E-state index is 6.92. The molecule has 0 radical (unpaired) electrons. The minimum Gasteiger partial charge on any atom is -0.489 e. The van der Waals surface area contributed by atoms with E-state index in [0.717, 1.165) is 82.1 Å². The molecule has 5 aromatic carbocycles. The maximum absolute atomic E-state index is 6.92. The van der Waals surface area contributed by atoms with Gasteiger partial charge in [0, 0.05) is 37.7 Å². The summed E-state index contributed by atoms with van der Waals surface area (Å²) in [5, 5.41) is 0. The summed E-state index contributed by atoms with van der Waals surface area (Å²) in [5.41, 5.74) is 9.85. The Labute approximate surface area is 385 Å². The van der Waals surface area contributed by atoms with Crippen LogP contribution >= 0.6 is 0 Å². The Balaban J connectivity index is 0.968. The predicted molar refractivity (Wildman–Crippen MR) is 258 cm³/mol. The van der Waals surface area contributed by atoms with Gasteiger partial charge in [-0.1, -0.05) is 127 Å². The average molecular weight is 866 g/mol. The third-order valence-electron chi connectivity index (χ3n) is 15.9. The first kappa shape index (κ1) is 42.1. The first-order valence-corrected chi connectivity index (χ1v) is 24.3. The third-order valence-corrected chi connectivity index (χ3v) is 15.9. The van der Waals surface area contributed by atoms with Gasteiger partial charge in [0.25, 0.3) is 0 Å². The zero-order chi connectivity index (χ0) is 43.7. The molecule has 3 fully saturated rings. The molecule has 11 rings (SSSR count). The second-order valence-corrected chi connectivity index (χ2v) is 19.4. The van der Waals surface area contributed by atoms with Crippen LogP contribution in [0, 0.1) is 0 Å². The number of nitrogens with zero attached hydrogens (tertiary/aromatic N) is 5. The molecule has 0 N–H and O–H groups in total. The van der Waals surface area contributed by atoms with Gasteiger partial charge in [0.2, 0.25) is 0 Å². The van der Waals surface area contributed by atoms with Crippen LogP contribution in [0.1, 0.15) is 89.6 Å². The Hall–Kier alpha value is -5.54. The molecule has 0 bridgehead atoms. The Morgan fingerprint density at radius 1 is 0.662 bits per heavy atom. The summed E-state index contributed by atoms with van der Waals surface area (Å²) in [6.07, 6.45) is 11.1. The second-order valence-electron chi connectivity index (χ2n) is 19.4. The van der Waals surface area contributed by atoms with Crippen molar-refractivity contribution in [3.05, 3.63) is 184 Å². The van der Waals surface area contributed by atoms with E-state index in [-0.39, 0.29) is 17.0 Å². The molecule has 3 saturated heterocycles. The molecule has 8 nitrogen and oxygen atoms in total. The molecule has 8 heteroatoms. The Kier molecular flexibility index (Phi) is 11.7. The molecule has 0 saturated carbocycles. The molecule has 1 aromatic heterocycles. The fraction of sp³-hybridized carbons (Fsp3) is 0.404. The number of methoxy groups -OCH3 is 1. The zero-order valence-corrected chi connectivity index (χ0v) is 38.0. The standard InChI is InChI=1S/C57H63N5O3/c1-63-41-48-39-61(57(45-20-8-3-9-21-45,46-22-10-4-11-23-46)47-24-12-5-13-25-47)35-36-62(48)53-50-28-32-55(38-52(50)58-54(59-53)65-42-56-30-15-33-60(56)34-16-31-56)29-14-19-44-26-27-49(37-51(44)55)64-40-43-17-6-2-7-18-43/h2-13,17-18,20-27,37,48H,14-16,19,28-36,38-42H2,1H3/t48-,55?/m1/s1. The van der Waals surface area contributed by atoms with Gasteiger partial charge in [0.15, 0.2) is 0 Å². The molecule has 5 aliphatic rings. The van der Waals surface area contributed by atoms with E-state index in [1.165, 1.54) is 71.0 Å². The molecule has 2 aliphatic carbocycles. The maximum Gasteiger partial charge on any atom is 0.318 e. The van der Waals surface area contributed by atoms with E-state index in [9.17, 15) is 0 Å². The smallest absolute Gasteiger partial charge is 0.318 e. The average Bonchev–Trinajstić information content (AvgIpc) is 3.96. The summed E-state index contributed by atoms with van der Waals surface area (Å²) in [5.74, 6) is 1.98. The first-order valence-electron chi connectivity index (χ1n) is 24.3. The van der Waals surface area contributed by atoms with E-state index in [4.69, 9.17) is 24.2 Å². The van der Waals surface area contributed by atoms with Crippen molar-refractivity contribution in [2.24, 2.45) is 0 Å². The van der Waals surface area contributed by atoms with E-state index in [1.807, 2.05) is 7.11 Å². The molecule has 4 heterocycles. The minimum absolute atomic E-state index is 0.0206. The lowest BCUT2D eigenvalue weighted by Gasteiger charge is -2.52. The number of hydrogen-bond donors (Lipinski definition) is 0. The van der Waals surface area contributed by atoms with Crippen LogP contribution in [-0.4, -0.2) is 84.4 Å². The van der Waals surface area contributed by atoms with Crippen LogP contribution in [0.15, 0.2) is 140 Å². The van der Waals surface area contributed by atoms with Crippen molar-refractivity contribution < 1.29 is 14.2 Å². The highest BCUT2D eigenvalue weighted by Crippen LogP contribution is 2.50. The molecular formula is C57H63N5O3. The summed E-state index contributed by atoms with van der Waals surface area (Å²) in [7, 11) is 1.84. The minimum atomic E-state index is -0.514. The normalized spacial score (nSPS) is 21.7. The number of aryl methyl sites for hydroxylation is 1. The van der Waals surface area contributed by atoms with Crippen LogP contribution in [0.5, 0.6) is 11.8 Å². The van der Waals surface area contributed by atoms with Crippen molar-refractivity contribution in [1.82, 2.24) is 19.8 Å². The summed E-state index contributed by atoms with van der Waals surface area (Å²) in [4.78, 5) is 18.9. The summed E-state index contributed by atoms with van der Waals surface area (Å²) >= 11 is 0. The van der Waals surface area contributed by atoms with E-state index >= 15 is 0 Å². The highest BCUT2D eigenvalue weighted by molar-refractivity contribution is 5.56. The van der Waals surface area contributed by atoms with Crippen LogP contribution in [0.2, 0.25) is 0 Å². The summed E-state index contributed by atoms with van der Waals surface area (Å²) in [6, 6.07) is 51.2. The molecule has 65 heavy (non-hydrogen) atoms. The van der Waals surface area contributed by atoms with Gasteiger partial charge < -0.3 is 19.1 Å². The van der Waals surface area contributed by atoms with E-state index in [0.29, 0.717) is 25.8 Å². The Morgan fingerprint density at radius 3 is 1.98 bits per heavy atom. The van der Waals surface area contributed by atoms with Crippen LogP contribution in [0.25, 0.3) is 0 Å². The van der Waals surface area contributed by atoms with E-state index in [2.05, 4.69) is 154 Å². The number of anilines is 1. The Morgan fingerprint density at radius 2 is 1.32 bits per heavy atom. The number of rotatable bonds is 13. The Bertz CT molecular complexity index is 2450. The summed E-state index contributed by atoms with van der Waals surface area (Å²) in [6.45, 7) is 6.50. The molecule has 2 atom stereocenters. The highest BCUT2D eigenvalue weighted by atomic mass is 16.5. The van der Waals surface area contributed by atoms with E-state index < -0.39 is 5.54 Å². The molecule has 1 unspecified atom stereocenters. The van der Waals surface area contributed by atoms with Gasteiger partial charge in [-0.25, -0.2) is 0 Å². The van der Waals surface area contributed by atoms with Crippen LogP contribution in [0.3, 0.4) is 0 Å². The number of piperazine rings is 1. The molecule has 0 amide bonds.